The van der Waals surface area contributed by atoms with Gasteiger partial charge in [0, 0.05) is 12.2 Å². The molecule has 1 aliphatic rings. The number of halogens is 1. The van der Waals surface area contributed by atoms with Gasteiger partial charge in [-0.3, -0.25) is 0 Å². The summed E-state index contributed by atoms with van der Waals surface area (Å²) in [5.74, 6) is 1.20. The summed E-state index contributed by atoms with van der Waals surface area (Å²) < 4.78 is 5.08. The fraction of sp³-hybridized carbons (Fsp3) is 0.467. The van der Waals surface area contributed by atoms with Crippen molar-refractivity contribution in [1.29, 1.82) is 0 Å². The van der Waals surface area contributed by atoms with Crippen molar-refractivity contribution in [2.45, 2.75) is 39.8 Å². The molecule has 2 aromatic rings. The van der Waals surface area contributed by atoms with E-state index in [1.807, 2.05) is 0 Å². The fourth-order valence-electron chi connectivity index (χ4n) is 2.92. The monoisotopic (exact) mass is 308 g/mol. The predicted octanol–water partition coefficient (Wildman–Crippen LogP) is 2.52. The van der Waals surface area contributed by atoms with Gasteiger partial charge in [0.1, 0.15) is 0 Å². The number of hydrogen-bond acceptors (Lipinski definition) is 5. The van der Waals surface area contributed by atoms with Crippen LogP contribution in [0.4, 0.5) is 5.69 Å². The van der Waals surface area contributed by atoms with Gasteiger partial charge in [0.15, 0.2) is 5.82 Å². The van der Waals surface area contributed by atoms with Gasteiger partial charge >= 0.3 is 0 Å². The zero-order valence-electron chi connectivity index (χ0n) is 12.4. The lowest BCUT2D eigenvalue weighted by atomic mass is 9.95. The molecule has 1 aliphatic heterocycles. The Hall–Kier alpha value is -1.59. The normalized spacial score (nSPS) is 13.8. The van der Waals surface area contributed by atoms with Gasteiger partial charge in [-0.05, 0) is 49.4 Å². The Morgan fingerprint density at radius 2 is 2.14 bits per heavy atom. The number of nitrogens with zero attached hydrogens (tertiary/aromatic N) is 3. The zero-order valence-corrected chi connectivity index (χ0v) is 13.2. The van der Waals surface area contributed by atoms with Crippen LogP contribution < -0.4 is 10.6 Å². The van der Waals surface area contributed by atoms with Crippen LogP contribution in [0.25, 0.3) is 0 Å². The first-order valence-electron chi connectivity index (χ1n) is 7.04. The van der Waals surface area contributed by atoms with E-state index in [9.17, 15) is 0 Å². The van der Waals surface area contributed by atoms with Crippen molar-refractivity contribution in [3.8, 4) is 0 Å². The summed E-state index contributed by atoms with van der Waals surface area (Å²) in [5.41, 5.74) is 10.9. The average molecular weight is 309 g/mol. The second-order valence-electron chi connectivity index (χ2n) is 5.41. The lowest BCUT2D eigenvalue weighted by Crippen LogP contribution is -2.29. The van der Waals surface area contributed by atoms with E-state index in [0.29, 0.717) is 24.8 Å². The molecule has 114 valence electrons. The van der Waals surface area contributed by atoms with Gasteiger partial charge in [-0.1, -0.05) is 11.2 Å². The Morgan fingerprint density at radius 3 is 2.86 bits per heavy atom. The van der Waals surface area contributed by atoms with E-state index in [1.165, 1.54) is 28.8 Å². The van der Waals surface area contributed by atoms with Crippen LogP contribution in [0.1, 0.15) is 34.8 Å². The predicted molar refractivity (Wildman–Crippen MR) is 84.7 cm³/mol. The van der Waals surface area contributed by atoms with Crippen molar-refractivity contribution in [1.82, 2.24) is 10.1 Å². The maximum atomic E-state index is 5.50. The van der Waals surface area contributed by atoms with Crippen LogP contribution >= 0.6 is 12.4 Å². The van der Waals surface area contributed by atoms with Crippen LogP contribution in [-0.2, 0) is 19.5 Å². The topological polar surface area (TPSA) is 68.2 Å². The quantitative estimate of drug-likeness (QED) is 0.943. The van der Waals surface area contributed by atoms with Crippen molar-refractivity contribution >= 4 is 18.1 Å². The van der Waals surface area contributed by atoms with E-state index in [1.54, 1.807) is 0 Å². The molecule has 0 bridgehead atoms. The molecule has 0 spiro atoms. The average Bonchev–Trinajstić information content (AvgIpc) is 2.87. The summed E-state index contributed by atoms with van der Waals surface area (Å²) in [4.78, 5) is 6.63. The van der Waals surface area contributed by atoms with Crippen LogP contribution in [0.3, 0.4) is 0 Å². The van der Waals surface area contributed by atoms with E-state index in [-0.39, 0.29) is 12.4 Å². The highest BCUT2D eigenvalue weighted by Crippen LogP contribution is 2.31. The van der Waals surface area contributed by atoms with Crippen molar-refractivity contribution < 1.29 is 4.52 Å². The second kappa shape index (κ2) is 6.45. The summed E-state index contributed by atoms with van der Waals surface area (Å²) >= 11 is 0. The third-order valence-electron chi connectivity index (χ3n) is 3.81. The minimum atomic E-state index is 0. The number of fused-ring (bicyclic) bond motifs is 1. The fourth-order valence-corrected chi connectivity index (χ4v) is 2.92. The SMILES string of the molecule is Cc1cc(C)c2c(c1)N(Cc1noc(CN)n1)CCC2.Cl. The van der Waals surface area contributed by atoms with Crippen LogP contribution in [0.5, 0.6) is 0 Å². The first kappa shape index (κ1) is 15.8. The molecule has 0 atom stereocenters. The van der Waals surface area contributed by atoms with Gasteiger partial charge in [0.25, 0.3) is 0 Å². The minimum absolute atomic E-state index is 0. The van der Waals surface area contributed by atoms with Crippen molar-refractivity contribution in [3.63, 3.8) is 0 Å². The van der Waals surface area contributed by atoms with E-state index >= 15 is 0 Å². The van der Waals surface area contributed by atoms with Crippen LogP contribution in [-0.4, -0.2) is 16.7 Å². The molecule has 0 saturated carbocycles. The van der Waals surface area contributed by atoms with Gasteiger partial charge in [0.05, 0.1) is 13.1 Å². The van der Waals surface area contributed by atoms with E-state index in [0.717, 1.165) is 13.0 Å². The number of anilines is 1. The molecule has 1 aromatic carbocycles. The molecular formula is C15H21ClN4O. The van der Waals surface area contributed by atoms with Crippen molar-refractivity contribution in [3.05, 3.63) is 40.5 Å². The number of nitrogens with two attached hydrogens (primary N) is 1. The molecule has 0 unspecified atom stereocenters. The Labute approximate surface area is 130 Å². The number of hydrogen-bond donors (Lipinski definition) is 1. The number of benzene rings is 1. The minimum Gasteiger partial charge on any atom is -0.364 e. The summed E-state index contributed by atoms with van der Waals surface area (Å²) in [6.07, 6.45) is 2.32. The summed E-state index contributed by atoms with van der Waals surface area (Å²) in [7, 11) is 0. The molecule has 0 aliphatic carbocycles. The van der Waals surface area contributed by atoms with Gasteiger partial charge in [-0.15, -0.1) is 12.4 Å². The zero-order chi connectivity index (χ0) is 14.1. The van der Waals surface area contributed by atoms with Gasteiger partial charge in [-0.25, -0.2) is 0 Å². The highest BCUT2D eigenvalue weighted by molar-refractivity contribution is 5.85. The lowest BCUT2D eigenvalue weighted by molar-refractivity contribution is 0.374. The molecule has 0 fully saturated rings. The molecule has 2 heterocycles. The lowest BCUT2D eigenvalue weighted by Gasteiger charge is -2.31. The first-order chi connectivity index (χ1) is 9.67. The Kier molecular flexibility index (Phi) is 4.85. The number of aromatic nitrogens is 2. The van der Waals surface area contributed by atoms with Gasteiger partial charge < -0.3 is 15.2 Å². The smallest absolute Gasteiger partial charge is 0.240 e. The number of rotatable bonds is 3. The van der Waals surface area contributed by atoms with Gasteiger partial charge in [-0.2, -0.15) is 4.98 Å². The summed E-state index contributed by atoms with van der Waals surface area (Å²) in [5, 5.41) is 3.99. The second-order valence-corrected chi connectivity index (χ2v) is 5.41. The third-order valence-corrected chi connectivity index (χ3v) is 3.81. The molecule has 6 heteroatoms. The number of aryl methyl sites for hydroxylation is 2. The standard InChI is InChI=1S/C15H20N4O.ClH/c1-10-6-11(2)12-4-3-5-19(13(12)7-10)9-14-17-15(8-16)20-18-14;/h6-7H,3-5,8-9,16H2,1-2H3;1H. The van der Waals surface area contributed by atoms with Crippen LogP contribution in [0.2, 0.25) is 0 Å². The highest BCUT2D eigenvalue weighted by atomic mass is 35.5. The molecular weight excluding hydrogens is 288 g/mol. The summed E-state index contributed by atoms with van der Waals surface area (Å²) in [6, 6.07) is 4.51. The highest BCUT2D eigenvalue weighted by Gasteiger charge is 2.20. The van der Waals surface area contributed by atoms with E-state index < -0.39 is 0 Å². The Bertz CT molecular complexity index is 626. The van der Waals surface area contributed by atoms with Crippen molar-refractivity contribution in [2.75, 3.05) is 11.4 Å². The molecule has 0 saturated heterocycles. The molecule has 5 nitrogen and oxygen atoms in total. The van der Waals surface area contributed by atoms with Gasteiger partial charge in [0.2, 0.25) is 5.89 Å². The largest absolute Gasteiger partial charge is 0.364 e. The Morgan fingerprint density at radius 1 is 1.33 bits per heavy atom. The molecule has 0 amide bonds. The maximum Gasteiger partial charge on any atom is 0.240 e. The van der Waals surface area contributed by atoms with Crippen LogP contribution in [0, 0.1) is 13.8 Å². The molecule has 2 N–H and O–H groups in total. The van der Waals surface area contributed by atoms with E-state index in [4.69, 9.17) is 10.3 Å². The molecule has 21 heavy (non-hydrogen) atoms. The first-order valence-corrected chi connectivity index (χ1v) is 7.04. The van der Waals surface area contributed by atoms with Crippen LogP contribution in [0.15, 0.2) is 16.7 Å². The van der Waals surface area contributed by atoms with E-state index in [2.05, 4.69) is 41.0 Å². The maximum absolute atomic E-state index is 5.50. The molecule has 0 radical (unpaired) electrons. The third kappa shape index (κ3) is 3.19. The molecule has 1 aromatic heterocycles. The summed E-state index contributed by atoms with van der Waals surface area (Å²) in [6.45, 7) is 6.33. The Balaban J connectivity index is 0.00000161. The molecule has 3 rings (SSSR count). The van der Waals surface area contributed by atoms with Crippen molar-refractivity contribution in [2.24, 2.45) is 5.73 Å².